The fourth-order valence-corrected chi connectivity index (χ4v) is 1.78. The maximum atomic E-state index is 5.66. The van der Waals surface area contributed by atoms with Gasteiger partial charge in [0.1, 0.15) is 0 Å². The molecule has 5 heteroatoms. The Morgan fingerprint density at radius 3 is 2.72 bits per heavy atom. The van der Waals surface area contributed by atoms with Crippen LogP contribution in [0.25, 0.3) is 0 Å². The van der Waals surface area contributed by atoms with Gasteiger partial charge in [-0.15, -0.1) is 0 Å². The van der Waals surface area contributed by atoms with Crippen LogP contribution in [0.3, 0.4) is 0 Å². The van der Waals surface area contributed by atoms with Crippen molar-refractivity contribution in [2.24, 2.45) is 5.73 Å². The van der Waals surface area contributed by atoms with Crippen LogP contribution in [-0.2, 0) is 11.3 Å². The Labute approximate surface area is 109 Å². The minimum atomic E-state index is 0.382. The monoisotopic (exact) mass is 252 g/mol. The molecule has 0 amide bonds. The summed E-state index contributed by atoms with van der Waals surface area (Å²) in [6, 6.07) is 2.31. The molecule has 1 heterocycles. The number of nitrogens with zero attached hydrogens (tertiary/aromatic N) is 3. The van der Waals surface area contributed by atoms with Crippen LogP contribution in [0.5, 0.6) is 0 Å². The zero-order chi connectivity index (χ0) is 13.5. The van der Waals surface area contributed by atoms with Gasteiger partial charge < -0.3 is 15.4 Å². The molecular formula is C13H24N4O. The summed E-state index contributed by atoms with van der Waals surface area (Å²) >= 11 is 0. The van der Waals surface area contributed by atoms with Crippen molar-refractivity contribution in [1.29, 1.82) is 0 Å². The highest BCUT2D eigenvalue weighted by atomic mass is 16.5. The Hall–Kier alpha value is -1.20. The van der Waals surface area contributed by atoms with E-state index in [1.807, 2.05) is 13.0 Å². The summed E-state index contributed by atoms with van der Waals surface area (Å²) in [6.07, 6.45) is 1.04. The zero-order valence-corrected chi connectivity index (χ0v) is 11.8. The number of aromatic nitrogens is 2. The number of anilines is 1. The molecule has 0 aliphatic heterocycles. The highest BCUT2D eigenvalue weighted by Crippen LogP contribution is 2.15. The highest BCUT2D eigenvalue weighted by molar-refractivity contribution is 5.33. The van der Waals surface area contributed by atoms with Gasteiger partial charge in [0.15, 0.2) is 0 Å². The summed E-state index contributed by atoms with van der Waals surface area (Å²) in [7, 11) is 1.71. The number of hydrogen-bond donors (Lipinski definition) is 1. The van der Waals surface area contributed by atoms with E-state index in [0.717, 1.165) is 30.3 Å². The topological polar surface area (TPSA) is 64.3 Å². The minimum Gasteiger partial charge on any atom is -0.383 e. The second-order valence-electron chi connectivity index (χ2n) is 4.45. The molecule has 1 aromatic rings. The minimum absolute atomic E-state index is 0.382. The van der Waals surface area contributed by atoms with Gasteiger partial charge in [0.05, 0.1) is 12.3 Å². The van der Waals surface area contributed by atoms with Crippen molar-refractivity contribution in [3.05, 3.63) is 17.5 Å². The maximum absolute atomic E-state index is 5.66. The summed E-state index contributed by atoms with van der Waals surface area (Å²) in [6.45, 7) is 8.19. The Balaban J connectivity index is 2.99. The van der Waals surface area contributed by atoms with Crippen molar-refractivity contribution >= 4 is 5.95 Å². The molecule has 1 atom stereocenters. The first-order valence-corrected chi connectivity index (χ1v) is 6.42. The Morgan fingerprint density at radius 2 is 2.17 bits per heavy atom. The third-order valence-electron chi connectivity index (χ3n) is 3.02. The van der Waals surface area contributed by atoms with Crippen LogP contribution in [0.15, 0.2) is 6.07 Å². The standard InChI is InChI=1S/C13H24N4O/c1-5-11(3)17(6-7-18-4)13-15-10(2)8-12(9-14)16-13/h8,11H,5-7,9,14H2,1-4H3. The molecule has 18 heavy (non-hydrogen) atoms. The van der Waals surface area contributed by atoms with E-state index >= 15 is 0 Å². The largest absolute Gasteiger partial charge is 0.383 e. The first-order chi connectivity index (χ1) is 8.62. The lowest BCUT2D eigenvalue weighted by Gasteiger charge is -2.28. The van der Waals surface area contributed by atoms with Crippen LogP contribution in [-0.4, -0.2) is 36.3 Å². The maximum Gasteiger partial charge on any atom is 0.226 e. The van der Waals surface area contributed by atoms with Gasteiger partial charge in [-0.3, -0.25) is 0 Å². The van der Waals surface area contributed by atoms with Crippen LogP contribution in [0.2, 0.25) is 0 Å². The number of rotatable bonds is 7. The van der Waals surface area contributed by atoms with Gasteiger partial charge in [0.25, 0.3) is 0 Å². The third-order valence-corrected chi connectivity index (χ3v) is 3.02. The number of methoxy groups -OCH3 is 1. The molecule has 0 spiro atoms. The summed E-state index contributed by atoms with van der Waals surface area (Å²) in [5.41, 5.74) is 7.49. The fraction of sp³-hybridized carbons (Fsp3) is 0.692. The van der Waals surface area contributed by atoms with Crippen LogP contribution in [0.4, 0.5) is 5.95 Å². The van der Waals surface area contributed by atoms with Gasteiger partial charge in [0.2, 0.25) is 5.95 Å². The van der Waals surface area contributed by atoms with Gasteiger partial charge in [0, 0.05) is 31.9 Å². The van der Waals surface area contributed by atoms with Gasteiger partial charge in [-0.25, -0.2) is 9.97 Å². The van der Waals surface area contributed by atoms with Crippen LogP contribution >= 0.6 is 0 Å². The number of aryl methyl sites for hydroxylation is 1. The van der Waals surface area contributed by atoms with Gasteiger partial charge in [-0.1, -0.05) is 6.92 Å². The number of ether oxygens (including phenoxy) is 1. The molecule has 0 fully saturated rings. The molecule has 0 radical (unpaired) electrons. The average Bonchev–Trinajstić information content (AvgIpc) is 2.38. The average molecular weight is 252 g/mol. The Morgan fingerprint density at radius 1 is 1.44 bits per heavy atom. The molecular weight excluding hydrogens is 228 g/mol. The fourth-order valence-electron chi connectivity index (χ4n) is 1.78. The Bertz CT molecular complexity index is 370. The summed E-state index contributed by atoms with van der Waals surface area (Å²) in [4.78, 5) is 11.2. The molecule has 1 aromatic heterocycles. The molecule has 5 nitrogen and oxygen atoms in total. The molecule has 102 valence electrons. The van der Waals surface area contributed by atoms with E-state index in [0.29, 0.717) is 19.2 Å². The lowest BCUT2D eigenvalue weighted by atomic mass is 10.2. The normalized spacial score (nSPS) is 12.5. The molecule has 0 saturated carbocycles. The smallest absolute Gasteiger partial charge is 0.226 e. The molecule has 2 N–H and O–H groups in total. The van der Waals surface area contributed by atoms with E-state index in [9.17, 15) is 0 Å². The molecule has 0 aromatic carbocycles. The summed E-state index contributed by atoms with van der Waals surface area (Å²) < 4.78 is 5.15. The second kappa shape index (κ2) is 7.28. The SMILES string of the molecule is CCC(C)N(CCOC)c1nc(C)cc(CN)n1. The van der Waals surface area contributed by atoms with E-state index in [-0.39, 0.29) is 0 Å². The first kappa shape index (κ1) is 14.9. The van der Waals surface area contributed by atoms with Gasteiger partial charge >= 0.3 is 0 Å². The second-order valence-corrected chi connectivity index (χ2v) is 4.45. The van der Waals surface area contributed by atoms with Crippen molar-refractivity contribution in [3.8, 4) is 0 Å². The molecule has 0 bridgehead atoms. The van der Waals surface area contributed by atoms with Crippen LogP contribution in [0.1, 0.15) is 31.7 Å². The van der Waals surface area contributed by atoms with E-state index in [4.69, 9.17) is 10.5 Å². The molecule has 0 saturated heterocycles. The van der Waals surface area contributed by atoms with Crippen molar-refractivity contribution in [2.45, 2.75) is 39.8 Å². The van der Waals surface area contributed by atoms with Crippen molar-refractivity contribution in [3.63, 3.8) is 0 Å². The third kappa shape index (κ3) is 3.92. The highest BCUT2D eigenvalue weighted by Gasteiger charge is 2.16. The number of hydrogen-bond acceptors (Lipinski definition) is 5. The van der Waals surface area contributed by atoms with Crippen molar-refractivity contribution in [2.75, 3.05) is 25.2 Å². The van der Waals surface area contributed by atoms with E-state index in [2.05, 4.69) is 28.7 Å². The first-order valence-electron chi connectivity index (χ1n) is 6.42. The van der Waals surface area contributed by atoms with E-state index in [1.54, 1.807) is 7.11 Å². The molecule has 0 aliphatic rings. The zero-order valence-electron chi connectivity index (χ0n) is 11.8. The number of nitrogens with two attached hydrogens (primary N) is 1. The molecule has 0 aliphatic carbocycles. The van der Waals surface area contributed by atoms with Crippen molar-refractivity contribution in [1.82, 2.24) is 9.97 Å². The lowest BCUT2D eigenvalue weighted by Crippen LogP contribution is -2.37. The lowest BCUT2D eigenvalue weighted by molar-refractivity contribution is 0.203. The van der Waals surface area contributed by atoms with E-state index in [1.165, 1.54) is 0 Å². The predicted octanol–water partition coefficient (Wildman–Crippen LogP) is 1.50. The van der Waals surface area contributed by atoms with Crippen LogP contribution in [0, 0.1) is 6.92 Å². The van der Waals surface area contributed by atoms with E-state index < -0.39 is 0 Å². The predicted molar refractivity (Wildman–Crippen MR) is 73.6 cm³/mol. The molecule has 1 rings (SSSR count). The van der Waals surface area contributed by atoms with Gasteiger partial charge in [-0.05, 0) is 26.3 Å². The quantitative estimate of drug-likeness (QED) is 0.796. The summed E-state index contributed by atoms with van der Waals surface area (Å²) in [5.74, 6) is 0.752. The van der Waals surface area contributed by atoms with Gasteiger partial charge in [-0.2, -0.15) is 0 Å². The van der Waals surface area contributed by atoms with Crippen LogP contribution < -0.4 is 10.6 Å². The summed E-state index contributed by atoms with van der Waals surface area (Å²) in [5, 5.41) is 0. The Kier molecular flexibility index (Phi) is 6.01. The van der Waals surface area contributed by atoms with Crippen molar-refractivity contribution < 1.29 is 4.74 Å². The molecule has 1 unspecified atom stereocenters.